The van der Waals surface area contributed by atoms with E-state index in [0.717, 1.165) is 6.07 Å². The third-order valence-electron chi connectivity index (χ3n) is 4.40. The molecule has 2 N–H and O–H groups in total. The number of fused-ring (bicyclic) bond motifs is 1. The molecule has 2 aromatic carbocycles. The van der Waals surface area contributed by atoms with Gasteiger partial charge in [0.15, 0.2) is 17.2 Å². The van der Waals surface area contributed by atoms with E-state index in [9.17, 15) is 18.0 Å². The molecule has 0 radical (unpaired) electrons. The number of hydrogen-bond donors (Lipinski definition) is 2. The number of nitrogens with zero attached hydrogens (tertiary/aromatic N) is 2. The van der Waals surface area contributed by atoms with E-state index in [2.05, 4.69) is 10.4 Å². The summed E-state index contributed by atoms with van der Waals surface area (Å²) in [4.78, 5) is 10.4. The zero-order valence-electron chi connectivity index (χ0n) is 15.8. The van der Waals surface area contributed by atoms with Crippen LogP contribution >= 0.6 is 0 Å². The van der Waals surface area contributed by atoms with Crippen LogP contribution in [0.4, 0.5) is 18.0 Å². The van der Waals surface area contributed by atoms with Crippen molar-refractivity contribution in [3.8, 4) is 34.2 Å². The van der Waals surface area contributed by atoms with Gasteiger partial charge < -0.3 is 24.6 Å². The normalized spacial score (nSPS) is 12.6. The maximum atomic E-state index is 13.3. The van der Waals surface area contributed by atoms with Gasteiger partial charge in [-0.05, 0) is 42.5 Å². The van der Waals surface area contributed by atoms with Gasteiger partial charge in [-0.2, -0.15) is 18.3 Å². The third kappa shape index (κ3) is 4.49. The van der Waals surface area contributed by atoms with Crippen LogP contribution in [0.15, 0.2) is 48.5 Å². The first-order valence-electron chi connectivity index (χ1n) is 9.08. The lowest BCUT2D eigenvalue weighted by Crippen LogP contribution is -2.26. The minimum absolute atomic E-state index is 0.0436. The predicted octanol–water partition coefficient (Wildman–Crippen LogP) is 3.93. The van der Waals surface area contributed by atoms with Crippen LogP contribution in [0, 0.1) is 0 Å². The number of benzene rings is 2. The van der Waals surface area contributed by atoms with Crippen LogP contribution in [0.3, 0.4) is 0 Å². The largest absolute Gasteiger partial charge is 0.492 e. The van der Waals surface area contributed by atoms with Gasteiger partial charge in [-0.25, -0.2) is 9.48 Å². The van der Waals surface area contributed by atoms with E-state index in [1.54, 1.807) is 42.5 Å². The molecule has 31 heavy (non-hydrogen) atoms. The molecule has 8 nitrogen and oxygen atoms in total. The van der Waals surface area contributed by atoms with E-state index in [4.69, 9.17) is 19.3 Å². The first-order valence-corrected chi connectivity index (χ1v) is 9.08. The van der Waals surface area contributed by atoms with E-state index in [1.165, 1.54) is 4.68 Å². The van der Waals surface area contributed by atoms with Crippen LogP contribution in [-0.2, 0) is 6.18 Å². The molecule has 0 atom stereocenters. The molecule has 2 heterocycles. The number of halogens is 3. The van der Waals surface area contributed by atoms with Crippen LogP contribution < -0.4 is 19.5 Å². The van der Waals surface area contributed by atoms with Crippen LogP contribution in [0.2, 0.25) is 0 Å². The quantitative estimate of drug-likeness (QED) is 0.570. The molecule has 1 aliphatic heterocycles. The number of carbonyl (C=O) groups is 1. The summed E-state index contributed by atoms with van der Waals surface area (Å²) in [5, 5.41) is 14.5. The van der Waals surface area contributed by atoms with Gasteiger partial charge in [0.05, 0.1) is 17.9 Å². The van der Waals surface area contributed by atoms with Crippen LogP contribution in [-0.4, -0.2) is 40.9 Å². The SMILES string of the molecule is O=C(O)NCCOc1ccc(-c2cc(C(F)(F)F)nn2-c2ccc3c(c2)OCO3)cc1. The van der Waals surface area contributed by atoms with E-state index < -0.39 is 18.0 Å². The van der Waals surface area contributed by atoms with E-state index in [-0.39, 0.29) is 25.6 Å². The van der Waals surface area contributed by atoms with Crippen molar-refractivity contribution >= 4 is 6.09 Å². The van der Waals surface area contributed by atoms with Crippen LogP contribution in [0.1, 0.15) is 5.69 Å². The summed E-state index contributed by atoms with van der Waals surface area (Å²) < 4.78 is 57.2. The van der Waals surface area contributed by atoms with Gasteiger partial charge in [0.25, 0.3) is 0 Å². The second kappa shape index (κ2) is 8.09. The number of alkyl halides is 3. The summed E-state index contributed by atoms with van der Waals surface area (Å²) in [6, 6.07) is 12.1. The molecular formula is C20H16F3N3O5. The van der Waals surface area contributed by atoms with Gasteiger partial charge in [-0.3, -0.25) is 0 Å². The number of nitrogens with one attached hydrogen (secondary N) is 1. The van der Waals surface area contributed by atoms with Crippen molar-refractivity contribution in [1.29, 1.82) is 0 Å². The zero-order chi connectivity index (χ0) is 22.0. The lowest BCUT2D eigenvalue weighted by Gasteiger charge is -2.10. The number of aromatic nitrogens is 2. The Bertz CT molecular complexity index is 1100. The van der Waals surface area contributed by atoms with Crippen molar-refractivity contribution in [2.24, 2.45) is 0 Å². The summed E-state index contributed by atoms with van der Waals surface area (Å²) in [7, 11) is 0. The van der Waals surface area contributed by atoms with Gasteiger partial charge in [0, 0.05) is 11.6 Å². The fourth-order valence-electron chi connectivity index (χ4n) is 2.99. The second-order valence-electron chi connectivity index (χ2n) is 6.47. The van der Waals surface area contributed by atoms with Gasteiger partial charge in [-0.1, -0.05) is 0 Å². The average Bonchev–Trinajstić information content (AvgIpc) is 3.38. The molecule has 0 unspecified atom stereocenters. The summed E-state index contributed by atoms with van der Waals surface area (Å²) in [6.45, 7) is 0.254. The van der Waals surface area contributed by atoms with Gasteiger partial charge in [0.2, 0.25) is 6.79 Å². The van der Waals surface area contributed by atoms with Crippen molar-refractivity contribution in [2.75, 3.05) is 19.9 Å². The highest BCUT2D eigenvalue weighted by molar-refractivity contribution is 5.65. The van der Waals surface area contributed by atoms with Gasteiger partial charge in [0.1, 0.15) is 12.4 Å². The number of carboxylic acid groups (broad SMARTS) is 1. The number of ether oxygens (including phenoxy) is 3. The van der Waals surface area contributed by atoms with Crippen molar-refractivity contribution in [3.63, 3.8) is 0 Å². The molecule has 0 bridgehead atoms. The fraction of sp³-hybridized carbons (Fsp3) is 0.200. The maximum absolute atomic E-state index is 13.3. The Morgan fingerprint density at radius 1 is 1.13 bits per heavy atom. The van der Waals surface area contributed by atoms with Crippen molar-refractivity contribution in [3.05, 3.63) is 54.2 Å². The Morgan fingerprint density at radius 3 is 2.58 bits per heavy atom. The van der Waals surface area contributed by atoms with Gasteiger partial charge in [-0.15, -0.1) is 0 Å². The van der Waals surface area contributed by atoms with E-state index in [1.807, 2.05) is 0 Å². The molecular weight excluding hydrogens is 419 g/mol. The molecule has 1 amide bonds. The van der Waals surface area contributed by atoms with Crippen LogP contribution in [0.5, 0.6) is 17.2 Å². The van der Waals surface area contributed by atoms with Crippen molar-refractivity contribution < 1.29 is 37.3 Å². The predicted molar refractivity (Wildman–Crippen MR) is 102 cm³/mol. The van der Waals surface area contributed by atoms with Crippen molar-refractivity contribution in [2.45, 2.75) is 6.18 Å². The Morgan fingerprint density at radius 2 is 1.87 bits per heavy atom. The lowest BCUT2D eigenvalue weighted by atomic mass is 10.1. The van der Waals surface area contributed by atoms with Crippen LogP contribution in [0.25, 0.3) is 16.9 Å². The molecule has 1 aromatic heterocycles. The lowest BCUT2D eigenvalue weighted by molar-refractivity contribution is -0.141. The molecule has 162 valence electrons. The molecule has 0 fully saturated rings. The summed E-state index contributed by atoms with van der Waals surface area (Å²) >= 11 is 0. The molecule has 0 aliphatic carbocycles. The number of amides is 1. The minimum Gasteiger partial charge on any atom is -0.492 e. The topological polar surface area (TPSA) is 94.8 Å². The minimum atomic E-state index is -4.61. The maximum Gasteiger partial charge on any atom is 0.435 e. The smallest absolute Gasteiger partial charge is 0.435 e. The molecule has 0 saturated heterocycles. The molecule has 3 aromatic rings. The Hall–Kier alpha value is -3.89. The summed E-state index contributed by atoms with van der Waals surface area (Å²) in [5.41, 5.74) is 0.0667. The third-order valence-corrected chi connectivity index (χ3v) is 4.40. The van der Waals surface area contributed by atoms with Gasteiger partial charge >= 0.3 is 12.3 Å². The molecule has 0 saturated carbocycles. The molecule has 4 rings (SSSR count). The molecule has 11 heteroatoms. The first-order chi connectivity index (χ1) is 14.8. The average molecular weight is 435 g/mol. The highest BCUT2D eigenvalue weighted by Gasteiger charge is 2.35. The molecule has 0 spiro atoms. The highest BCUT2D eigenvalue weighted by atomic mass is 19.4. The van der Waals surface area contributed by atoms with E-state index in [0.29, 0.717) is 28.5 Å². The second-order valence-corrected chi connectivity index (χ2v) is 6.47. The summed E-state index contributed by atoms with van der Waals surface area (Å²) in [6.07, 6.45) is -5.77. The van der Waals surface area contributed by atoms with Crippen molar-refractivity contribution in [1.82, 2.24) is 15.1 Å². The zero-order valence-corrected chi connectivity index (χ0v) is 15.8. The summed E-state index contributed by atoms with van der Waals surface area (Å²) in [5.74, 6) is 1.37. The first kappa shape index (κ1) is 20.4. The molecule has 1 aliphatic rings. The fourth-order valence-corrected chi connectivity index (χ4v) is 2.99. The highest BCUT2D eigenvalue weighted by Crippen LogP contribution is 2.37. The Kier molecular flexibility index (Phi) is 5.32. The Labute approximate surface area is 173 Å². The Balaban J connectivity index is 1.63. The number of hydrogen-bond acceptors (Lipinski definition) is 5. The standard InChI is InChI=1S/C20H16F3N3O5/c21-20(22,23)18-10-15(12-1-4-14(5-2-12)29-8-7-24-19(27)28)26(25-18)13-3-6-16-17(9-13)31-11-30-16/h1-6,9-10,24H,7-8,11H2,(H,27,28). The number of rotatable bonds is 6. The van der Waals surface area contributed by atoms with E-state index >= 15 is 0 Å². The monoisotopic (exact) mass is 435 g/mol.